The molecule has 0 aromatic heterocycles. The number of rotatable bonds is 4. The van der Waals surface area contributed by atoms with Gasteiger partial charge in [0.2, 0.25) is 0 Å². The van der Waals surface area contributed by atoms with Gasteiger partial charge in [0.05, 0.1) is 6.61 Å². The van der Waals surface area contributed by atoms with Crippen LogP contribution < -0.4 is 0 Å². The van der Waals surface area contributed by atoms with Crippen LogP contribution in [0.1, 0.15) is 12.5 Å². The summed E-state index contributed by atoms with van der Waals surface area (Å²) in [5.74, 6) is -0.337. The minimum atomic E-state index is -0.337. The maximum absolute atomic E-state index is 10.7. The summed E-state index contributed by atoms with van der Waals surface area (Å²) in [5, 5.41) is 0. The summed E-state index contributed by atoms with van der Waals surface area (Å²) in [4.78, 5) is 10.7. The Hall–Kier alpha value is -1.87. The van der Waals surface area contributed by atoms with E-state index >= 15 is 0 Å². The molecule has 18 heavy (non-hydrogen) atoms. The number of epoxide rings is 1. The summed E-state index contributed by atoms with van der Waals surface area (Å²) >= 11 is 0. The highest BCUT2D eigenvalue weighted by molar-refractivity contribution is 5.86. The van der Waals surface area contributed by atoms with Crippen LogP contribution in [0.25, 0.3) is 6.08 Å². The molecule has 2 rings (SSSR count). The topological polar surface area (TPSA) is 38.8 Å². The predicted octanol–water partition coefficient (Wildman–Crippen LogP) is 2.83. The van der Waals surface area contributed by atoms with E-state index in [1.54, 1.807) is 6.92 Å². The van der Waals surface area contributed by atoms with Crippen molar-refractivity contribution in [2.45, 2.75) is 13.0 Å². The van der Waals surface area contributed by atoms with Gasteiger partial charge in [0.1, 0.15) is 12.7 Å². The van der Waals surface area contributed by atoms with Crippen molar-refractivity contribution in [2.24, 2.45) is 0 Å². The Bertz CT molecular complexity index is 405. The summed E-state index contributed by atoms with van der Waals surface area (Å²) in [6, 6.07) is 10.0. The number of carbonyl (C=O) groups excluding carboxylic acids is 1. The molecule has 1 saturated heterocycles. The van der Waals surface area contributed by atoms with Gasteiger partial charge in [0.25, 0.3) is 0 Å². The van der Waals surface area contributed by atoms with Crippen LogP contribution in [0.3, 0.4) is 0 Å². The second kappa shape index (κ2) is 7.45. The average Bonchev–Trinajstić information content (AvgIpc) is 3.21. The Balaban J connectivity index is 0.000000184. The van der Waals surface area contributed by atoms with Crippen LogP contribution in [-0.4, -0.2) is 25.3 Å². The second-order valence-electron chi connectivity index (χ2n) is 3.95. The standard InChI is InChI=1S/C8H8.C7H10O3/c1-2-8-6-4-3-5-7-8;1-5(2)7(8)10-4-6-3-9-6/h2-7H,1H2;6H,1,3-4H2,2H3. The van der Waals surface area contributed by atoms with Crippen molar-refractivity contribution in [3.63, 3.8) is 0 Å². The van der Waals surface area contributed by atoms with E-state index < -0.39 is 0 Å². The first-order valence-corrected chi connectivity index (χ1v) is 5.75. The van der Waals surface area contributed by atoms with Gasteiger partial charge in [-0.1, -0.05) is 49.6 Å². The Morgan fingerprint density at radius 1 is 1.50 bits per heavy atom. The van der Waals surface area contributed by atoms with Crippen molar-refractivity contribution in [1.82, 2.24) is 0 Å². The third-order valence-corrected chi connectivity index (χ3v) is 2.19. The SMILES string of the molecule is C=C(C)C(=O)OCC1CO1.C=Cc1ccccc1. The summed E-state index contributed by atoms with van der Waals surface area (Å²) in [5.41, 5.74) is 1.60. The van der Waals surface area contributed by atoms with Crippen molar-refractivity contribution in [1.29, 1.82) is 0 Å². The van der Waals surface area contributed by atoms with E-state index in [2.05, 4.69) is 13.2 Å². The van der Waals surface area contributed by atoms with Gasteiger partial charge in [-0.3, -0.25) is 0 Å². The first-order valence-electron chi connectivity index (χ1n) is 5.75. The lowest BCUT2D eigenvalue weighted by Gasteiger charge is -1.99. The largest absolute Gasteiger partial charge is 0.459 e. The number of hydrogen-bond acceptors (Lipinski definition) is 3. The maximum Gasteiger partial charge on any atom is 0.333 e. The highest BCUT2D eigenvalue weighted by Crippen LogP contribution is 2.09. The van der Waals surface area contributed by atoms with Crippen LogP contribution in [0.5, 0.6) is 0 Å². The Kier molecular flexibility index (Phi) is 5.88. The number of ether oxygens (including phenoxy) is 2. The number of hydrogen-bond donors (Lipinski definition) is 0. The van der Waals surface area contributed by atoms with E-state index in [0.717, 1.165) is 0 Å². The van der Waals surface area contributed by atoms with E-state index in [0.29, 0.717) is 18.8 Å². The number of carbonyl (C=O) groups is 1. The zero-order valence-electron chi connectivity index (χ0n) is 10.6. The Morgan fingerprint density at radius 3 is 2.50 bits per heavy atom. The van der Waals surface area contributed by atoms with Crippen LogP contribution in [0.2, 0.25) is 0 Å². The quantitative estimate of drug-likeness (QED) is 0.466. The van der Waals surface area contributed by atoms with E-state index in [4.69, 9.17) is 9.47 Å². The summed E-state index contributed by atoms with van der Waals surface area (Å²) in [6.07, 6.45) is 1.98. The first-order chi connectivity index (χ1) is 8.63. The molecule has 0 spiro atoms. The second-order valence-corrected chi connectivity index (χ2v) is 3.95. The van der Waals surface area contributed by atoms with Crippen molar-refractivity contribution >= 4 is 12.0 Å². The smallest absolute Gasteiger partial charge is 0.333 e. The minimum Gasteiger partial charge on any atom is -0.459 e. The van der Waals surface area contributed by atoms with Gasteiger partial charge in [0.15, 0.2) is 0 Å². The van der Waals surface area contributed by atoms with Gasteiger partial charge in [-0.25, -0.2) is 4.79 Å². The van der Waals surface area contributed by atoms with E-state index in [-0.39, 0.29) is 12.1 Å². The molecular formula is C15H18O3. The molecule has 1 fully saturated rings. The summed E-state index contributed by atoms with van der Waals surface area (Å²) in [7, 11) is 0. The molecule has 0 N–H and O–H groups in total. The molecular weight excluding hydrogens is 228 g/mol. The molecule has 1 atom stereocenters. The van der Waals surface area contributed by atoms with Crippen molar-refractivity contribution in [3.8, 4) is 0 Å². The molecule has 1 aliphatic rings. The van der Waals surface area contributed by atoms with Crippen molar-refractivity contribution < 1.29 is 14.3 Å². The Morgan fingerprint density at radius 2 is 2.11 bits per heavy atom. The molecule has 3 nitrogen and oxygen atoms in total. The summed E-state index contributed by atoms with van der Waals surface area (Å²) < 4.78 is 9.60. The monoisotopic (exact) mass is 246 g/mol. The zero-order chi connectivity index (χ0) is 13.4. The first kappa shape index (κ1) is 14.2. The fourth-order valence-electron chi connectivity index (χ4n) is 1.05. The molecule has 1 unspecified atom stereocenters. The van der Waals surface area contributed by atoms with Crippen molar-refractivity contribution in [2.75, 3.05) is 13.2 Å². The molecule has 0 bridgehead atoms. The molecule has 0 saturated carbocycles. The highest BCUT2D eigenvalue weighted by Gasteiger charge is 2.24. The molecule has 3 heteroatoms. The Labute approximate surface area is 108 Å². The maximum atomic E-state index is 10.7. The van der Waals surface area contributed by atoms with Crippen LogP contribution in [-0.2, 0) is 14.3 Å². The van der Waals surface area contributed by atoms with Crippen LogP contribution in [0.4, 0.5) is 0 Å². The minimum absolute atomic E-state index is 0.142. The van der Waals surface area contributed by atoms with Gasteiger partial charge in [-0.05, 0) is 12.5 Å². The highest BCUT2D eigenvalue weighted by atomic mass is 16.6. The molecule has 0 amide bonds. The lowest BCUT2D eigenvalue weighted by molar-refractivity contribution is -0.139. The van der Waals surface area contributed by atoms with Gasteiger partial charge in [-0.2, -0.15) is 0 Å². The number of esters is 1. The lowest BCUT2D eigenvalue weighted by Crippen LogP contribution is -2.09. The van der Waals surface area contributed by atoms with Crippen LogP contribution in [0.15, 0.2) is 49.1 Å². The van der Waals surface area contributed by atoms with Crippen molar-refractivity contribution in [3.05, 3.63) is 54.6 Å². The van der Waals surface area contributed by atoms with Gasteiger partial charge >= 0.3 is 5.97 Å². The van der Waals surface area contributed by atoms with E-state index in [1.807, 2.05) is 36.4 Å². The van der Waals surface area contributed by atoms with E-state index in [9.17, 15) is 4.79 Å². The molecule has 1 aliphatic heterocycles. The van der Waals surface area contributed by atoms with Gasteiger partial charge < -0.3 is 9.47 Å². The van der Waals surface area contributed by atoms with Gasteiger partial charge in [0, 0.05) is 5.57 Å². The van der Waals surface area contributed by atoms with Gasteiger partial charge in [-0.15, -0.1) is 0 Å². The molecule has 0 radical (unpaired) electrons. The third-order valence-electron chi connectivity index (χ3n) is 2.19. The average molecular weight is 246 g/mol. The zero-order valence-corrected chi connectivity index (χ0v) is 10.6. The normalized spacial score (nSPS) is 15.9. The molecule has 1 heterocycles. The third kappa shape index (κ3) is 6.01. The fraction of sp³-hybridized carbons (Fsp3) is 0.267. The molecule has 96 valence electrons. The summed E-state index contributed by atoms with van der Waals surface area (Å²) in [6.45, 7) is 9.77. The fourth-order valence-corrected chi connectivity index (χ4v) is 1.05. The van der Waals surface area contributed by atoms with Crippen LogP contribution in [0, 0.1) is 0 Å². The lowest BCUT2D eigenvalue weighted by atomic mass is 10.2. The molecule has 1 aromatic carbocycles. The molecule has 0 aliphatic carbocycles. The van der Waals surface area contributed by atoms with Crippen LogP contribution >= 0.6 is 0 Å². The van der Waals surface area contributed by atoms with E-state index in [1.165, 1.54) is 5.56 Å². The molecule has 1 aromatic rings. The number of benzene rings is 1. The predicted molar refractivity (Wildman–Crippen MR) is 72.0 cm³/mol.